The van der Waals surface area contributed by atoms with Gasteiger partial charge in [-0.2, -0.15) is 9.61 Å². The molecule has 3 aromatic rings. The average Bonchev–Trinajstić information content (AvgIpc) is 3.33. The van der Waals surface area contributed by atoms with Crippen LogP contribution in [0.1, 0.15) is 12.2 Å². The van der Waals surface area contributed by atoms with Crippen LogP contribution in [-0.4, -0.2) is 38.9 Å². The maximum atomic E-state index is 12.1. The Morgan fingerprint density at radius 3 is 3.13 bits per heavy atom. The first-order valence-electron chi connectivity index (χ1n) is 7.42. The van der Waals surface area contributed by atoms with Gasteiger partial charge in [-0.25, -0.2) is 0 Å². The van der Waals surface area contributed by atoms with Crippen molar-refractivity contribution in [2.45, 2.75) is 13.0 Å². The molecule has 118 valence electrons. The normalized spacial score (nSPS) is 17.7. The van der Waals surface area contributed by atoms with E-state index in [0.29, 0.717) is 31.2 Å². The van der Waals surface area contributed by atoms with Crippen molar-refractivity contribution < 1.29 is 9.53 Å². The van der Waals surface area contributed by atoms with Crippen LogP contribution in [0.5, 0.6) is 0 Å². The van der Waals surface area contributed by atoms with Gasteiger partial charge in [0, 0.05) is 6.61 Å². The molecule has 4 heterocycles. The molecular weight excluding hydrogens is 314 g/mol. The van der Waals surface area contributed by atoms with Crippen LogP contribution in [0.15, 0.2) is 29.6 Å². The molecule has 4 rings (SSSR count). The first kappa shape index (κ1) is 14.3. The molecule has 3 aromatic heterocycles. The molecule has 1 amide bonds. The topological polar surface area (TPSA) is 81.4 Å². The van der Waals surface area contributed by atoms with Gasteiger partial charge in [-0.1, -0.05) is 6.07 Å². The largest absolute Gasteiger partial charge is 0.381 e. The highest BCUT2D eigenvalue weighted by Crippen LogP contribution is 2.22. The standard InChI is InChI=1S/C15H15N5O2S/c21-15(10-5-6-22-9-10)16-8-14-18-17-13-4-3-11(19-20(13)14)12-2-1-7-23-12/h1-4,7,10H,5-6,8-9H2,(H,16,21). The van der Waals surface area contributed by atoms with Crippen molar-refractivity contribution in [3.8, 4) is 10.6 Å². The van der Waals surface area contributed by atoms with Crippen LogP contribution >= 0.6 is 11.3 Å². The van der Waals surface area contributed by atoms with Crippen LogP contribution in [0.4, 0.5) is 0 Å². The zero-order chi connectivity index (χ0) is 15.6. The van der Waals surface area contributed by atoms with E-state index in [-0.39, 0.29) is 11.8 Å². The van der Waals surface area contributed by atoms with Gasteiger partial charge in [0.1, 0.15) is 5.69 Å². The molecule has 1 unspecified atom stereocenters. The lowest BCUT2D eigenvalue weighted by Gasteiger charge is -2.08. The summed E-state index contributed by atoms with van der Waals surface area (Å²) in [5.74, 6) is 0.545. The Morgan fingerprint density at radius 1 is 1.39 bits per heavy atom. The number of hydrogen-bond acceptors (Lipinski definition) is 6. The Morgan fingerprint density at radius 2 is 2.35 bits per heavy atom. The third kappa shape index (κ3) is 2.82. The van der Waals surface area contributed by atoms with E-state index in [0.717, 1.165) is 17.0 Å². The number of rotatable bonds is 4. The lowest BCUT2D eigenvalue weighted by atomic mass is 10.1. The van der Waals surface area contributed by atoms with E-state index in [9.17, 15) is 4.79 Å². The number of thiophene rings is 1. The maximum absolute atomic E-state index is 12.1. The van der Waals surface area contributed by atoms with Crippen molar-refractivity contribution in [1.82, 2.24) is 25.1 Å². The van der Waals surface area contributed by atoms with Gasteiger partial charge in [0.05, 0.1) is 23.9 Å². The fourth-order valence-electron chi connectivity index (χ4n) is 2.55. The summed E-state index contributed by atoms with van der Waals surface area (Å²) in [6.07, 6.45) is 0.771. The first-order chi connectivity index (χ1) is 11.3. The van der Waals surface area contributed by atoms with Crippen LogP contribution in [-0.2, 0) is 16.1 Å². The molecule has 7 nitrogen and oxygen atoms in total. The predicted molar refractivity (Wildman–Crippen MR) is 84.9 cm³/mol. The summed E-state index contributed by atoms with van der Waals surface area (Å²) >= 11 is 1.63. The van der Waals surface area contributed by atoms with Gasteiger partial charge in [0.15, 0.2) is 11.5 Å². The van der Waals surface area contributed by atoms with Crippen molar-refractivity contribution in [2.24, 2.45) is 5.92 Å². The summed E-state index contributed by atoms with van der Waals surface area (Å²) in [6, 6.07) is 7.81. The van der Waals surface area contributed by atoms with Crippen LogP contribution in [0.3, 0.4) is 0 Å². The fraction of sp³-hybridized carbons (Fsp3) is 0.333. The SMILES string of the molecule is O=C(NCc1nnc2ccc(-c3cccs3)nn12)C1CCOC1. The summed E-state index contributed by atoms with van der Waals surface area (Å²) in [5.41, 5.74) is 1.53. The Bertz CT molecular complexity index is 824. The van der Waals surface area contributed by atoms with Crippen molar-refractivity contribution in [2.75, 3.05) is 13.2 Å². The van der Waals surface area contributed by atoms with Gasteiger partial charge in [-0.15, -0.1) is 21.5 Å². The maximum Gasteiger partial charge on any atom is 0.225 e. The van der Waals surface area contributed by atoms with E-state index >= 15 is 0 Å². The van der Waals surface area contributed by atoms with Crippen molar-refractivity contribution in [3.05, 3.63) is 35.5 Å². The molecule has 8 heteroatoms. The Kier molecular flexibility index (Phi) is 3.76. The van der Waals surface area contributed by atoms with Gasteiger partial charge in [0.2, 0.25) is 5.91 Å². The van der Waals surface area contributed by atoms with Gasteiger partial charge in [-0.3, -0.25) is 4.79 Å². The average molecular weight is 329 g/mol. The van der Waals surface area contributed by atoms with Gasteiger partial charge < -0.3 is 10.1 Å². The molecule has 0 bridgehead atoms. The van der Waals surface area contributed by atoms with E-state index < -0.39 is 0 Å². The molecular formula is C15H15N5O2S. The number of nitrogens with one attached hydrogen (secondary N) is 1. The zero-order valence-corrected chi connectivity index (χ0v) is 13.1. The molecule has 0 radical (unpaired) electrons. The van der Waals surface area contributed by atoms with E-state index in [4.69, 9.17) is 4.74 Å². The summed E-state index contributed by atoms with van der Waals surface area (Å²) < 4.78 is 6.92. The molecule has 1 aliphatic heterocycles. The molecule has 1 aliphatic rings. The number of carbonyl (C=O) groups is 1. The molecule has 1 N–H and O–H groups in total. The summed E-state index contributed by atoms with van der Waals surface area (Å²) in [7, 11) is 0. The van der Waals surface area contributed by atoms with Gasteiger partial charge >= 0.3 is 0 Å². The fourth-order valence-corrected chi connectivity index (χ4v) is 3.24. The summed E-state index contributed by atoms with van der Waals surface area (Å²) in [5, 5.41) is 17.7. The zero-order valence-electron chi connectivity index (χ0n) is 12.3. The van der Waals surface area contributed by atoms with Crippen molar-refractivity contribution >= 4 is 22.9 Å². The third-order valence-corrected chi connectivity index (χ3v) is 4.71. The number of carbonyl (C=O) groups excluding carboxylic acids is 1. The Balaban J connectivity index is 1.55. The molecule has 0 aliphatic carbocycles. The molecule has 23 heavy (non-hydrogen) atoms. The summed E-state index contributed by atoms with van der Waals surface area (Å²) in [6.45, 7) is 1.45. The van der Waals surface area contributed by atoms with Crippen LogP contribution in [0, 0.1) is 5.92 Å². The highest BCUT2D eigenvalue weighted by molar-refractivity contribution is 7.13. The quantitative estimate of drug-likeness (QED) is 0.784. The van der Waals surface area contributed by atoms with E-state index in [1.54, 1.807) is 15.9 Å². The van der Waals surface area contributed by atoms with Crippen molar-refractivity contribution in [1.29, 1.82) is 0 Å². The monoisotopic (exact) mass is 329 g/mol. The van der Waals surface area contributed by atoms with E-state index in [1.165, 1.54) is 0 Å². The molecule has 1 atom stereocenters. The first-order valence-corrected chi connectivity index (χ1v) is 8.30. The summed E-state index contributed by atoms with van der Waals surface area (Å²) in [4.78, 5) is 13.1. The Hall–Kier alpha value is -2.32. The number of nitrogens with zero attached hydrogens (tertiary/aromatic N) is 4. The minimum absolute atomic E-state index is 0.00587. The molecule has 0 aromatic carbocycles. The van der Waals surface area contributed by atoms with Gasteiger partial charge in [-0.05, 0) is 30.0 Å². The smallest absolute Gasteiger partial charge is 0.225 e. The number of amides is 1. The number of fused-ring (bicyclic) bond motifs is 1. The highest BCUT2D eigenvalue weighted by Gasteiger charge is 2.23. The minimum atomic E-state index is -0.0659. The molecule has 0 spiro atoms. The molecule has 0 saturated carbocycles. The predicted octanol–water partition coefficient (Wildman–Crippen LogP) is 1.51. The van der Waals surface area contributed by atoms with Crippen molar-refractivity contribution in [3.63, 3.8) is 0 Å². The number of ether oxygens (including phenoxy) is 1. The molecule has 1 saturated heterocycles. The lowest BCUT2D eigenvalue weighted by molar-refractivity contribution is -0.125. The van der Waals surface area contributed by atoms with Crippen LogP contribution in [0.25, 0.3) is 16.2 Å². The minimum Gasteiger partial charge on any atom is -0.381 e. The van der Waals surface area contributed by atoms with E-state index in [1.807, 2.05) is 29.6 Å². The number of aromatic nitrogens is 4. The van der Waals surface area contributed by atoms with E-state index in [2.05, 4.69) is 20.6 Å². The second kappa shape index (κ2) is 6.05. The Labute approximate surface area is 136 Å². The van der Waals surface area contributed by atoms with Crippen LogP contribution < -0.4 is 5.32 Å². The lowest BCUT2D eigenvalue weighted by Crippen LogP contribution is -2.31. The van der Waals surface area contributed by atoms with Crippen LogP contribution in [0.2, 0.25) is 0 Å². The third-order valence-electron chi connectivity index (χ3n) is 3.82. The number of hydrogen-bond donors (Lipinski definition) is 1. The highest BCUT2D eigenvalue weighted by atomic mass is 32.1. The second-order valence-corrected chi connectivity index (χ2v) is 6.31. The molecule has 1 fully saturated rings. The van der Waals surface area contributed by atoms with Gasteiger partial charge in [0.25, 0.3) is 0 Å². The second-order valence-electron chi connectivity index (χ2n) is 5.36.